The summed E-state index contributed by atoms with van der Waals surface area (Å²) in [5, 5.41) is 20.4. The van der Waals surface area contributed by atoms with Crippen LogP contribution in [0, 0.1) is 12.7 Å². The van der Waals surface area contributed by atoms with Gasteiger partial charge in [0.25, 0.3) is 0 Å². The molecule has 0 radical (unpaired) electrons. The number of carbonyl (C=O) groups is 1. The monoisotopic (exact) mass is 525 g/mol. The summed E-state index contributed by atoms with van der Waals surface area (Å²) in [7, 11) is 0. The lowest BCUT2D eigenvalue weighted by atomic mass is 9.96. The molecule has 2 N–H and O–H groups in total. The summed E-state index contributed by atoms with van der Waals surface area (Å²) in [6.07, 6.45) is 1.86. The van der Waals surface area contributed by atoms with Gasteiger partial charge in [-0.15, -0.1) is 0 Å². The number of hydrogen-bond acceptors (Lipinski definition) is 4. The van der Waals surface area contributed by atoms with Gasteiger partial charge in [0.05, 0.1) is 24.4 Å². The van der Waals surface area contributed by atoms with Crippen LogP contribution in [0.2, 0.25) is 5.02 Å². The van der Waals surface area contributed by atoms with Crippen molar-refractivity contribution >= 4 is 17.6 Å². The molecular formula is C30H33ClFNO4. The third kappa shape index (κ3) is 6.76. The van der Waals surface area contributed by atoms with E-state index in [-0.39, 0.29) is 30.1 Å². The fourth-order valence-electron chi connectivity index (χ4n) is 5.03. The molecule has 0 spiro atoms. The predicted octanol–water partition coefficient (Wildman–Crippen LogP) is 6.30. The number of benzene rings is 3. The molecule has 0 aliphatic carbocycles. The normalized spacial score (nSPS) is 17.6. The van der Waals surface area contributed by atoms with Gasteiger partial charge in [-0.2, -0.15) is 0 Å². The highest BCUT2D eigenvalue weighted by Gasteiger charge is 2.27. The van der Waals surface area contributed by atoms with Crippen molar-refractivity contribution in [2.75, 3.05) is 19.7 Å². The van der Waals surface area contributed by atoms with Crippen LogP contribution in [-0.2, 0) is 11.2 Å². The zero-order chi connectivity index (χ0) is 26.5. The topological polar surface area (TPSA) is 70.0 Å². The summed E-state index contributed by atoms with van der Waals surface area (Å²) < 4.78 is 20.1. The summed E-state index contributed by atoms with van der Waals surface area (Å²) in [5.41, 5.74) is 4.24. The summed E-state index contributed by atoms with van der Waals surface area (Å²) in [6.45, 7) is 5.26. The number of halogens is 2. The molecule has 1 aliphatic rings. The van der Waals surface area contributed by atoms with Crippen molar-refractivity contribution in [1.29, 1.82) is 0 Å². The van der Waals surface area contributed by atoms with Crippen molar-refractivity contribution in [2.45, 2.75) is 51.4 Å². The van der Waals surface area contributed by atoms with Gasteiger partial charge in [0, 0.05) is 23.2 Å². The molecule has 3 atom stereocenters. The number of hydrogen-bond donors (Lipinski definition) is 2. The lowest BCUT2D eigenvalue weighted by Crippen LogP contribution is -2.39. The summed E-state index contributed by atoms with van der Waals surface area (Å²) in [5.74, 6) is -1.21. The smallest absolute Gasteiger partial charge is 0.335 e. The summed E-state index contributed by atoms with van der Waals surface area (Å²) in [4.78, 5) is 13.5. The van der Waals surface area contributed by atoms with Crippen LogP contribution in [0.25, 0.3) is 11.1 Å². The predicted molar refractivity (Wildman–Crippen MR) is 144 cm³/mol. The SMILES string of the molecule is Cc1ccc(C[C@@H]2CCCN2C[C@@H](O)CO[C@H](C)c2ccccc2-c2ccc(C(=O)O)cc2Cl)cc1F. The molecule has 0 bridgehead atoms. The zero-order valence-corrected chi connectivity index (χ0v) is 21.9. The van der Waals surface area contributed by atoms with Crippen molar-refractivity contribution < 1.29 is 24.1 Å². The number of rotatable bonds is 10. The van der Waals surface area contributed by atoms with Gasteiger partial charge in [0.15, 0.2) is 0 Å². The molecule has 1 saturated heterocycles. The first kappa shape index (κ1) is 27.3. The van der Waals surface area contributed by atoms with Gasteiger partial charge in [0.1, 0.15) is 5.82 Å². The van der Waals surface area contributed by atoms with Crippen LogP contribution < -0.4 is 0 Å². The second-order valence-corrected chi connectivity index (χ2v) is 10.2. The second kappa shape index (κ2) is 12.2. The highest BCUT2D eigenvalue weighted by atomic mass is 35.5. The molecule has 5 nitrogen and oxygen atoms in total. The third-order valence-corrected chi connectivity index (χ3v) is 7.41. The number of aromatic carboxylic acids is 1. The number of carboxylic acid groups (broad SMARTS) is 1. The second-order valence-electron chi connectivity index (χ2n) is 9.80. The van der Waals surface area contributed by atoms with Gasteiger partial charge in [-0.3, -0.25) is 4.90 Å². The van der Waals surface area contributed by atoms with E-state index in [2.05, 4.69) is 4.90 Å². The molecule has 0 amide bonds. The molecule has 7 heteroatoms. The Bertz CT molecular complexity index is 1250. The minimum atomic E-state index is -1.03. The minimum absolute atomic E-state index is 0.131. The van der Waals surface area contributed by atoms with Crippen LogP contribution in [-0.4, -0.2) is 52.9 Å². The van der Waals surface area contributed by atoms with E-state index in [1.807, 2.05) is 43.3 Å². The van der Waals surface area contributed by atoms with Gasteiger partial charge in [-0.1, -0.05) is 54.1 Å². The Morgan fingerprint density at radius 3 is 2.68 bits per heavy atom. The molecule has 0 unspecified atom stereocenters. The fourth-order valence-corrected chi connectivity index (χ4v) is 5.32. The van der Waals surface area contributed by atoms with Crippen LogP contribution in [0.4, 0.5) is 4.39 Å². The van der Waals surface area contributed by atoms with Crippen molar-refractivity contribution in [3.05, 3.63) is 93.8 Å². The van der Waals surface area contributed by atoms with Gasteiger partial charge >= 0.3 is 5.97 Å². The summed E-state index contributed by atoms with van der Waals surface area (Å²) in [6, 6.07) is 18.1. The maximum atomic E-state index is 14.0. The average molecular weight is 526 g/mol. The number of carboxylic acids is 1. The molecule has 3 aromatic rings. The van der Waals surface area contributed by atoms with Crippen molar-refractivity contribution in [1.82, 2.24) is 4.90 Å². The minimum Gasteiger partial charge on any atom is -0.478 e. The van der Waals surface area contributed by atoms with Crippen LogP contribution in [0.15, 0.2) is 60.7 Å². The molecule has 196 valence electrons. The maximum Gasteiger partial charge on any atom is 0.335 e. The molecular weight excluding hydrogens is 493 g/mol. The molecule has 1 heterocycles. The van der Waals surface area contributed by atoms with Gasteiger partial charge in [0.2, 0.25) is 0 Å². The van der Waals surface area contributed by atoms with Crippen LogP contribution in [0.1, 0.15) is 52.9 Å². The quantitative estimate of drug-likeness (QED) is 0.325. The lowest BCUT2D eigenvalue weighted by molar-refractivity contribution is -0.0169. The first-order chi connectivity index (χ1) is 17.7. The van der Waals surface area contributed by atoms with Crippen molar-refractivity contribution in [3.63, 3.8) is 0 Å². The summed E-state index contributed by atoms with van der Waals surface area (Å²) >= 11 is 6.42. The third-order valence-electron chi connectivity index (χ3n) is 7.10. The molecule has 1 aliphatic heterocycles. The Balaban J connectivity index is 1.37. The fraction of sp³-hybridized carbons (Fsp3) is 0.367. The van der Waals surface area contributed by atoms with E-state index in [4.69, 9.17) is 16.3 Å². The molecule has 37 heavy (non-hydrogen) atoms. The van der Waals surface area contributed by atoms with Crippen LogP contribution >= 0.6 is 11.6 Å². The van der Waals surface area contributed by atoms with Gasteiger partial charge in [-0.05, 0) is 80.1 Å². The molecule has 0 aromatic heterocycles. The molecule has 4 rings (SSSR count). The Kier molecular flexibility index (Phi) is 8.98. The van der Waals surface area contributed by atoms with E-state index in [9.17, 15) is 19.4 Å². The Hall–Kier alpha value is -2.77. The standard InChI is InChI=1S/C30H33ClFNO4/c1-19-9-10-21(15-29(19)32)14-23-6-5-13-33(23)17-24(34)18-37-20(2)25-7-3-4-8-26(25)27-12-11-22(30(35)36)16-28(27)31/h3-4,7-12,15-16,20,23-24,34H,5-6,13-14,17-18H2,1-2H3,(H,35,36)/t20-,23+,24-/m1/s1. The molecule has 0 saturated carbocycles. The lowest BCUT2D eigenvalue weighted by Gasteiger charge is -2.28. The average Bonchev–Trinajstić information content (AvgIpc) is 3.30. The molecule has 3 aromatic carbocycles. The van der Waals surface area contributed by atoms with E-state index in [1.54, 1.807) is 19.1 Å². The first-order valence-corrected chi connectivity index (χ1v) is 13.0. The van der Waals surface area contributed by atoms with Crippen molar-refractivity contribution in [2.24, 2.45) is 0 Å². The Morgan fingerprint density at radius 1 is 1.16 bits per heavy atom. The highest BCUT2D eigenvalue weighted by Crippen LogP contribution is 2.35. The number of nitrogens with zero attached hydrogens (tertiary/aromatic N) is 1. The first-order valence-electron chi connectivity index (χ1n) is 12.6. The number of aliphatic hydroxyl groups is 1. The van der Waals surface area contributed by atoms with Gasteiger partial charge < -0.3 is 14.9 Å². The maximum absolute atomic E-state index is 14.0. The van der Waals surface area contributed by atoms with E-state index in [1.165, 1.54) is 12.1 Å². The van der Waals surface area contributed by atoms with E-state index >= 15 is 0 Å². The Labute approximate surface area is 222 Å². The van der Waals surface area contributed by atoms with Crippen LogP contribution in [0.3, 0.4) is 0 Å². The van der Waals surface area contributed by atoms with Crippen LogP contribution in [0.5, 0.6) is 0 Å². The van der Waals surface area contributed by atoms with E-state index in [0.29, 0.717) is 17.1 Å². The molecule has 1 fully saturated rings. The largest absolute Gasteiger partial charge is 0.478 e. The number of aliphatic hydroxyl groups excluding tert-OH is 1. The van der Waals surface area contributed by atoms with Crippen molar-refractivity contribution in [3.8, 4) is 11.1 Å². The van der Waals surface area contributed by atoms with E-state index < -0.39 is 12.1 Å². The number of aryl methyl sites for hydroxylation is 1. The number of ether oxygens (including phenoxy) is 1. The number of likely N-dealkylation sites (tertiary alicyclic amines) is 1. The zero-order valence-electron chi connectivity index (χ0n) is 21.2. The van der Waals surface area contributed by atoms with E-state index in [0.717, 1.165) is 48.1 Å². The number of β-amino-alcohol motifs (C(OH)–C–C–N with tert-alkyl or cyclic N) is 1. The van der Waals surface area contributed by atoms with Gasteiger partial charge in [-0.25, -0.2) is 9.18 Å². The Morgan fingerprint density at radius 2 is 1.95 bits per heavy atom. The highest BCUT2D eigenvalue weighted by molar-refractivity contribution is 6.33.